The van der Waals surface area contributed by atoms with Gasteiger partial charge in [-0.3, -0.25) is 4.79 Å². The number of hydrogen-bond donors (Lipinski definition) is 3. The fourth-order valence-electron chi connectivity index (χ4n) is 2.03. The number of nitrogens with one attached hydrogen (secondary N) is 1. The highest BCUT2D eigenvalue weighted by Gasteiger charge is 2.23. The van der Waals surface area contributed by atoms with Crippen molar-refractivity contribution in [3.63, 3.8) is 0 Å². The minimum absolute atomic E-state index is 0.00142. The molecule has 2 atom stereocenters. The van der Waals surface area contributed by atoms with Gasteiger partial charge in [-0.2, -0.15) is 4.31 Å². The van der Waals surface area contributed by atoms with Gasteiger partial charge in [0, 0.05) is 20.1 Å². The summed E-state index contributed by atoms with van der Waals surface area (Å²) in [5, 5.41) is 21.6. The Morgan fingerprint density at radius 3 is 2.35 bits per heavy atom. The molecule has 0 heterocycles. The number of likely N-dealkylation sites (N-methyl/N-ethyl adjacent to an activating group) is 1. The first kappa shape index (κ1) is 19.6. The third-order valence-electron chi connectivity index (χ3n) is 3.50. The van der Waals surface area contributed by atoms with Crippen LogP contribution in [0.25, 0.3) is 0 Å². The van der Waals surface area contributed by atoms with Crippen LogP contribution in [0.5, 0.6) is 0 Å². The van der Waals surface area contributed by atoms with Gasteiger partial charge >= 0.3 is 5.97 Å². The smallest absolute Gasteiger partial charge is 0.320 e. The van der Waals surface area contributed by atoms with E-state index in [4.69, 9.17) is 5.11 Å². The van der Waals surface area contributed by atoms with Crippen LogP contribution in [0.2, 0.25) is 0 Å². The normalized spacial score (nSPS) is 14.7. The van der Waals surface area contributed by atoms with Crippen molar-refractivity contribution in [1.82, 2.24) is 9.62 Å². The number of carbonyl (C=O) groups is 1. The van der Waals surface area contributed by atoms with E-state index >= 15 is 0 Å². The van der Waals surface area contributed by atoms with Gasteiger partial charge in [0.05, 0.1) is 11.0 Å². The first-order valence-electron chi connectivity index (χ1n) is 7.35. The average molecular weight is 344 g/mol. The Balaban J connectivity index is 2.65. The highest BCUT2D eigenvalue weighted by atomic mass is 32.2. The topological polar surface area (TPSA) is 107 Å². The first-order valence-corrected chi connectivity index (χ1v) is 8.79. The summed E-state index contributed by atoms with van der Waals surface area (Å²) in [5.74, 6) is -1.000. The lowest BCUT2D eigenvalue weighted by molar-refractivity contribution is -0.139. The van der Waals surface area contributed by atoms with E-state index in [1.807, 2.05) is 6.92 Å². The largest absolute Gasteiger partial charge is 0.480 e. The van der Waals surface area contributed by atoms with E-state index in [1.54, 1.807) is 19.1 Å². The van der Waals surface area contributed by atoms with Crippen LogP contribution in [-0.2, 0) is 14.8 Å². The highest BCUT2D eigenvalue weighted by Crippen LogP contribution is 2.15. The molecule has 0 aliphatic rings. The molecule has 0 saturated carbocycles. The number of aliphatic hydroxyl groups excluding tert-OH is 1. The van der Waals surface area contributed by atoms with E-state index in [2.05, 4.69) is 5.32 Å². The molecule has 0 aromatic heterocycles. The average Bonchev–Trinajstić information content (AvgIpc) is 2.47. The molecule has 0 spiro atoms. The van der Waals surface area contributed by atoms with Crippen molar-refractivity contribution in [3.05, 3.63) is 29.8 Å². The molecule has 0 unspecified atom stereocenters. The summed E-state index contributed by atoms with van der Waals surface area (Å²) in [4.78, 5) is 11.0. The van der Waals surface area contributed by atoms with Crippen LogP contribution in [0.4, 0.5) is 0 Å². The Labute approximate surface area is 137 Å². The number of nitrogens with zero attached hydrogens (tertiary/aromatic N) is 1. The van der Waals surface area contributed by atoms with Crippen LogP contribution in [0.3, 0.4) is 0 Å². The van der Waals surface area contributed by atoms with Gasteiger partial charge in [-0.15, -0.1) is 0 Å². The molecule has 0 fully saturated rings. The molecule has 0 saturated heterocycles. The fourth-order valence-corrected chi connectivity index (χ4v) is 3.24. The van der Waals surface area contributed by atoms with Gasteiger partial charge < -0.3 is 15.5 Å². The Hall–Kier alpha value is -1.48. The minimum Gasteiger partial charge on any atom is -0.480 e. The fraction of sp³-hybridized carbons (Fsp3) is 0.533. The molecule has 8 heteroatoms. The summed E-state index contributed by atoms with van der Waals surface area (Å²) in [6.45, 7) is 3.45. The van der Waals surface area contributed by atoms with Gasteiger partial charge in [0.25, 0.3) is 0 Å². The van der Waals surface area contributed by atoms with Gasteiger partial charge in [-0.25, -0.2) is 8.42 Å². The number of carboxylic acids is 1. The van der Waals surface area contributed by atoms with E-state index in [1.165, 1.54) is 19.2 Å². The molecule has 130 valence electrons. The number of aliphatic hydroxyl groups is 1. The molecule has 1 aromatic carbocycles. The van der Waals surface area contributed by atoms with Crippen LogP contribution in [0.15, 0.2) is 29.2 Å². The van der Waals surface area contributed by atoms with Crippen molar-refractivity contribution < 1.29 is 23.4 Å². The number of aryl methyl sites for hydroxylation is 1. The number of aliphatic carboxylic acids is 1. The van der Waals surface area contributed by atoms with Gasteiger partial charge in [-0.1, -0.05) is 24.6 Å². The maximum atomic E-state index is 12.4. The molecule has 0 bridgehead atoms. The lowest BCUT2D eigenvalue weighted by Gasteiger charge is -2.22. The zero-order valence-electron chi connectivity index (χ0n) is 13.6. The van der Waals surface area contributed by atoms with E-state index in [0.29, 0.717) is 6.42 Å². The van der Waals surface area contributed by atoms with Gasteiger partial charge in [0.2, 0.25) is 10.0 Å². The Bertz CT molecular complexity index is 615. The zero-order chi connectivity index (χ0) is 17.6. The quantitative estimate of drug-likeness (QED) is 0.600. The van der Waals surface area contributed by atoms with Crippen LogP contribution >= 0.6 is 0 Å². The molecule has 1 aromatic rings. The summed E-state index contributed by atoms with van der Waals surface area (Å²) < 4.78 is 25.8. The molecule has 23 heavy (non-hydrogen) atoms. The van der Waals surface area contributed by atoms with E-state index in [9.17, 15) is 18.3 Å². The minimum atomic E-state index is -3.68. The molecule has 7 nitrogen and oxygen atoms in total. The highest BCUT2D eigenvalue weighted by molar-refractivity contribution is 7.89. The monoisotopic (exact) mass is 344 g/mol. The Kier molecular flexibility index (Phi) is 7.14. The van der Waals surface area contributed by atoms with E-state index in [-0.39, 0.29) is 18.0 Å². The molecular formula is C15H24N2O5S. The lowest BCUT2D eigenvalue weighted by Crippen LogP contribution is -2.44. The molecule has 0 amide bonds. The summed E-state index contributed by atoms with van der Waals surface area (Å²) in [7, 11) is -2.30. The number of rotatable bonds is 9. The second-order valence-corrected chi connectivity index (χ2v) is 7.50. The SMILES string of the molecule is CC[C@H](NC[C@H](O)CN(C)S(=O)(=O)c1ccc(C)cc1)C(=O)O. The molecular weight excluding hydrogens is 320 g/mol. The van der Waals surface area contributed by atoms with E-state index in [0.717, 1.165) is 9.87 Å². The third-order valence-corrected chi connectivity index (χ3v) is 5.34. The second-order valence-electron chi connectivity index (χ2n) is 5.46. The van der Waals surface area contributed by atoms with Crippen molar-refractivity contribution in [2.45, 2.75) is 37.3 Å². The summed E-state index contributed by atoms with van der Waals surface area (Å²) in [6, 6.07) is 5.69. The standard InChI is InChI=1S/C15H24N2O5S/c1-4-14(15(19)20)16-9-12(18)10-17(3)23(21,22)13-7-5-11(2)6-8-13/h5-8,12,14,16,18H,4,9-10H2,1-3H3,(H,19,20)/t12-,14-/m0/s1. The van der Waals surface area contributed by atoms with Crippen molar-refractivity contribution in [2.75, 3.05) is 20.1 Å². The first-order chi connectivity index (χ1) is 10.7. The van der Waals surface area contributed by atoms with Crippen molar-refractivity contribution in [2.24, 2.45) is 0 Å². The summed E-state index contributed by atoms with van der Waals surface area (Å²) in [5.41, 5.74) is 0.954. The van der Waals surface area contributed by atoms with Crippen molar-refractivity contribution in [3.8, 4) is 0 Å². The molecule has 0 aliphatic heterocycles. The van der Waals surface area contributed by atoms with Crippen LogP contribution < -0.4 is 5.32 Å². The Morgan fingerprint density at radius 2 is 1.87 bits per heavy atom. The molecule has 1 rings (SSSR count). The third kappa shape index (κ3) is 5.58. The lowest BCUT2D eigenvalue weighted by atomic mass is 10.2. The van der Waals surface area contributed by atoms with Gasteiger partial charge in [0.15, 0.2) is 0 Å². The molecule has 3 N–H and O–H groups in total. The molecule has 0 aliphatic carbocycles. The number of hydrogen-bond acceptors (Lipinski definition) is 5. The zero-order valence-corrected chi connectivity index (χ0v) is 14.4. The predicted octanol–water partition coefficient (Wildman–Crippen LogP) is 0.429. The summed E-state index contributed by atoms with van der Waals surface area (Å²) in [6.07, 6.45) is -0.631. The number of carboxylic acid groups (broad SMARTS) is 1. The Morgan fingerprint density at radius 1 is 1.30 bits per heavy atom. The number of benzene rings is 1. The van der Waals surface area contributed by atoms with Crippen LogP contribution in [0, 0.1) is 6.92 Å². The van der Waals surface area contributed by atoms with Crippen LogP contribution in [-0.4, -0.2) is 61.2 Å². The van der Waals surface area contributed by atoms with Gasteiger partial charge in [-0.05, 0) is 25.5 Å². The number of sulfonamides is 1. The summed E-state index contributed by atoms with van der Waals surface area (Å²) >= 11 is 0. The maximum Gasteiger partial charge on any atom is 0.320 e. The van der Waals surface area contributed by atoms with Crippen molar-refractivity contribution in [1.29, 1.82) is 0 Å². The van der Waals surface area contributed by atoms with E-state index < -0.39 is 28.1 Å². The predicted molar refractivity (Wildman–Crippen MR) is 86.7 cm³/mol. The second kappa shape index (κ2) is 8.39. The molecule has 0 radical (unpaired) electrons. The maximum absolute atomic E-state index is 12.4. The van der Waals surface area contributed by atoms with Gasteiger partial charge in [0.1, 0.15) is 6.04 Å². The van der Waals surface area contributed by atoms with Crippen LogP contribution in [0.1, 0.15) is 18.9 Å². The van der Waals surface area contributed by atoms with Crippen molar-refractivity contribution >= 4 is 16.0 Å².